The van der Waals surface area contributed by atoms with Crippen molar-refractivity contribution in [1.29, 1.82) is 0 Å². The van der Waals surface area contributed by atoms with Crippen molar-refractivity contribution in [3.63, 3.8) is 0 Å². The number of hydrogen-bond donors (Lipinski definition) is 0. The fourth-order valence-corrected chi connectivity index (χ4v) is 4.14. The van der Waals surface area contributed by atoms with Crippen molar-refractivity contribution in [3.8, 4) is 0 Å². The highest BCUT2D eigenvalue weighted by Gasteiger charge is 2.23. The molecule has 1 heterocycles. The second-order valence-corrected chi connectivity index (χ2v) is 8.23. The SMILES string of the molecule is CCCCCCCCCCCCN1C=CN(CC)C1CCCCCCC. The summed E-state index contributed by atoms with van der Waals surface area (Å²) >= 11 is 0. The molecule has 1 aliphatic heterocycles. The maximum atomic E-state index is 2.62. The molecular weight excluding hydrogens is 316 g/mol. The van der Waals surface area contributed by atoms with Crippen LogP contribution < -0.4 is 0 Å². The van der Waals surface area contributed by atoms with Crippen LogP contribution in [-0.4, -0.2) is 29.1 Å². The molecule has 0 bridgehead atoms. The van der Waals surface area contributed by atoms with Gasteiger partial charge in [0.05, 0.1) is 0 Å². The lowest BCUT2D eigenvalue weighted by Crippen LogP contribution is -2.38. The third-order valence-corrected chi connectivity index (χ3v) is 5.92. The third-order valence-electron chi connectivity index (χ3n) is 5.92. The summed E-state index contributed by atoms with van der Waals surface area (Å²) in [5, 5.41) is 0. The van der Waals surface area contributed by atoms with Crippen molar-refractivity contribution < 1.29 is 0 Å². The number of unbranched alkanes of at least 4 members (excludes halogenated alkanes) is 13. The Kier molecular flexibility index (Phi) is 14.8. The van der Waals surface area contributed by atoms with Crippen molar-refractivity contribution in [2.75, 3.05) is 13.1 Å². The van der Waals surface area contributed by atoms with Crippen LogP contribution in [-0.2, 0) is 0 Å². The summed E-state index contributed by atoms with van der Waals surface area (Å²) < 4.78 is 0. The molecule has 26 heavy (non-hydrogen) atoms. The zero-order chi connectivity index (χ0) is 18.9. The first kappa shape index (κ1) is 23.4. The van der Waals surface area contributed by atoms with E-state index >= 15 is 0 Å². The first-order valence-corrected chi connectivity index (χ1v) is 12.0. The lowest BCUT2D eigenvalue weighted by atomic mass is 10.1. The lowest BCUT2D eigenvalue weighted by molar-refractivity contribution is 0.142. The predicted molar refractivity (Wildman–Crippen MR) is 117 cm³/mol. The Morgan fingerprint density at radius 3 is 1.54 bits per heavy atom. The van der Waals surface area contributed by atoms with Gasteiger partial charge in [0.15, 0.2) is 0 Å². The topological polar surface area (TPSA) is 6.48 Å². The van der Waals surface area contributed by atoms with Gasteiger partial charge in [0.25, 0.3) is 0 Å². The minimum atomic E-state index is 0.639. The van der Waals surface area contributed by atoms with Gasteiger partial charge in [-0.25, -0.2) is 0 Å². The van der Waals surface area contributed by atoms with Gasteiger partial charge in [0.1, 0.15) is 6.17 Å². The smallest absolute Gasteiger partial charge is 0.101 e. The van der Waals surface area contributed by atoms with Crippen molar-refractivity contribution >= 4 is 0 Å². The molecule has 0 spiro atoms. The minimum absolute atomic E-state index is 0.639. The van der Waals surface area contributed by atoms with Crippen molar-refractivity contribution in [3.05, 3.63) is 12.4 Å². The highest BCUT2D eigenvalue weighted by Crippen LogP contribution is 2.22. The van der Waals surface area contributed by atoms with E-state index in [0.29, 0.717) is 6.17 Å². The summed E-state index contributed by atoms with van der Waals surface area (Å²) in [4.78, 5) is 5.16. The number of nitrogens with zero attached hydrogens (tertiary/aromatic N) is 2. The van der Waals surface area contributed by atoms with Crippen LogP contribution in [0.5, 0.6) is 0 Å². The molecule has 0 amide bonds. The molecule has 1 aliphatic rings. The van der Waals surface area contributed by atoms with Crippen LogP contribution in [0.15, 0.2) is 12.4 Å². The third kappa shape index (κ3) is 10.5. The molecule has 2 nitrogen and oxygen atoms in total. The molecule has 0 aliphatic carbocycles. The van der Waals surface area contributed by atoms with Gasteiger partial charge in [-0.1, -0.05) is 97.3 Å². The van der Waals surface area contributed by atoms with Gasteiger partial charge in [0, 0.05) is 25.5 Å². The summed E-state index contributed by atoms with van der Waals surface area (Å²) in [5.41, 5.74) is 0. The van der Waals surface area contributed by atoms with Crippen LogP contribution in [0.2, 0.25) is 0 Å². The normalized spacial score (nSPS) is 16.8. The maximum absolute atomic E-state index is 2.62. The van der Waals surface area contributed by atoms with Gasteiger partial charge in [-0.2, -0.15) is 0 Å². The van der Waals surface area contributed by atoms with Crippen LogP contribution in [0.1, 0.15) is 124 Å². The van der Waals surface area contributed by atoms with E-state index in [1.165, 1.54) is 109 Å². The van der Waals surface area contributed by atoms with Gasteiger partial charge in [-0.15, -0.1) is 0 Å². The molecule has 154 valence electrons. The molecule has 0 saturated carbocycles. The van der Waals surface area contributed by atoms with Crippen molar-refractivity contribution in [2.24, 2.45) is 0 Å². The van der Waals surface area contributed by atoms with E-state index in [2.05, 4.69) is 43.0 Å². The van der Waals surface area contributed by atoms with Gasteiger partial charge in [-0.3, -0.25) is 0 Å². The van der Waals surface area contributed by atoms with E-state index in [-0.39, 0.29) is 0 Å². The van der Waals surface area contributed by atoms with Crippen LogP contribution in [0.3, 0.4) is 0 Å². The van der Waals surface area contributed by atoms with Gasteiger partial charge in [-0.05, 0) is 26.2 Å². The summed E-state index contributed by atoms with van der Waals surface area (Å²) in [6.07, 6.45) is 27.9. The van der Waals surface area contributed by atoms with Crippen molar-refractivity contribution in [1.82, 2.24) is 9.80 Å². The van der Waals surface area contributed by atoms with E-state index in [1.807, 2.05) is 0 Å². The summed E-state index contributed by atoms with van der Waals surface area (Å²) in [7, 11) is 0. The van der Waals surface area contributed by atoms with Crippen LogP contribution >= 0.6 is 0 Å². The van der Waals surface area contributed by atoms with E-state index < -0.39 is 0 Å². The van der Waals surface area contributed by atoms with Crippen LogP contribution in [0.4, 0.5) is 0 Å². The minimum Gasteiger partial charge on any atom is -0.356 e. The Balaban J connectivity index is 2.07. The van der Waals surface area contributed by atoms with E-state index in [1.54, 1.807) is 0 Å². The molecule has 0 saturated heterocycles. The zero-order valence-electron chi connectivity index (χ0n) is 18.4. The standard InChI is InChI=1S/C24H48N2/c1-4-7-9-11-12-13-14-15-17-19-21-26-23-22-25(6-3)24(26)20-18-16-10-8-5-2/h22-24H,4-21H2,1-3H3. The number of rotatable bonds is 18. The number of hydrogen-bond acceptors (Lipinski definition) is 2. The molecule has 1 atom stereocenters. The Morgan fingerprint density at radius 2 is 1.00 bits per heavy atom. The highest BCUT2D eigenvalue weighted by atomic mass is 15.4. The molecule has 2 heteroatoms. The van der Waals surface area contributed by atoms with Gasteiger partial charge in [0.2, 0.25) is 0 Å². The van der Waals surface area contributed by atoms with Crippen LogP contribution in [0.25, 0.3) is 0 Å². The summed E-state index contributed by atoms with van der Waals surface area (Å²) in [6, 6.07) is 0. The summed E-state index contributed by atoms with van der Waals surface area (Å²) in [5.74, 6) is 0. The predicted octanol–water partition coefficient (Wildman–Crippen LogP) is 7.70. The fraction of sp³-hybridized carbons (Fsp3) is 0.917. The van der Waals surface area contributed by atoms with Crippen molar-refractivity contribution in [2.45, 2.75) is 130 Å². The highest BCUT2D eigenvalue weighted by molar-refractivity contribution is 4.96. The first-order chi connectivity index (χ1) is 12.8. The molecule has 0 aromatic rings. The van der Waals surface area contributed by atoms with E-state index in [9.17, 15) is 0 Å². The Bertz CT molecular complexity index is 326. The average Bonchev–Trinajstić information content (AvgIpc) is 3.05. The van der Waals surface area contributed by atoms with E-state index in [0.717, 1.165) is 6.54 Å². The maximum Gasteiger partial charge on any atom is 0.101 e. The Hall–Kier alpha value is -0.660. The molecule has 1 rings (SSSR count). The average molecular weight is 365 g/mol. The molecule has 0 fully saturated rings. The molecule has 0 N–H and O–H groups in total. The molecule has 0 aromatic heterocycles. The van der Waals surface area contributed by atoms with E-state index in [4.69, 9.17) is 0 Å². The second kappa shape index (κ2) is 16.5. The Labute approximate surface area is 165 Å². The molecule has 0 radical (unpaired) electrons. The second-order valence-electron chi connectivity index (χ2n) is 8.23. The molecular formula is C24H48N2. The quantitative estimate of drug-likeness (QED) is 0.230. The lowest BCUT2D eigenvalue weighted by Gasteiger charge is -2.32. The van der Waals surface area contributed by atoms with Gasteiger partial charge < -0.3 is 9.80 Å². The molecule has 1 unspecified atom stereocenters. The largest absolute Gasteiger partial charge is 0.356 e. The van der Waals surface area contributed by atoms with Crippen LogP contribution in [0, 0.1) is 0 Å². The first-order valence-electron chi connectivity index (χ1n) is 12.0. The zero-order valence-corrected chi connectivity index (χ0v) is 18.4. The Morgan fingerprint density at radius 1 is 0.538 bits per heavy atom. The monoisotopic (exact) mass is 364 g/mol. The summed E-state index contributed by atoms with van der Waals surface area (Å²) in [6.45, 7) is 9.28. The fourth-order valence-electron chi connectivity index (χ4n) is 4.14. The molecule has 0 aromatic carbocycles. The van der Waals surface area contributed by atoms with Gasteiger partial charge >= 0.3 is 0 Å².